The molecule has 90 valence electrons. The van der Waals surface area contributed by atoms with Crippen molar-refractivity contribution in [2.24, 2.45) is 5.92 Å². The van der Waals surface area contributed by atoms with Crippen LogP contribution in [-0.2, 0) is 0 Å². The van der Waals surface area contributed by atoms with E-state index in [4.69, 9.17) is 11.6 Å². The molecular weight excluding hydrogens is 229 g/mol. The highest BCUT2D eigenvalue weighted by molar-refractivity contribution is 6.30. The van der Waals surface area contributed by atoms with E-state index in [2.05, 4.69) is 19.2 Å². The van der Waals surface area contributed by atoms with Gasteiger partial charge in [-0.15, -0.1) is 0 Å². The lowest BCUT2D eigenvalue weighted by molar-refractivity contribution is 0.173. The van der Waals surface area contributed by atoms with Crippen molar-refractivity contribution in [3.8, 4) is 0 Å². The molecular formula is C12H17ClFNO. The molecule has 0 saturated carbocycles. The van der Waals surface area contributed by atoms with Crippen LogP contribution in [0.1, 0.15) is 25.5 Å². The minimum absolute atomic E-state index is 0.0420. The van der Waals surface area contributed by atoms with Gasteiger partial charge in [-0.1, -0.05) is 31.5 Å². The topological polar surface area (TPSA) is 32.3 Å². The smallest absolute Gasteiger partial charge is 0.141 e. The highest BCUT2D eigenvalue weighted by Gasteiger charge is 2.09. The lowest BCUT2D eigenvalue weighted by atomic mass is 10.1. The molecule has 0 heterocycles. The van der Waals surface area contributed by atoms with Crippen LogP contribution in [0.5, 0.6) is 0 Å². The van der Waals surface area contributed by atoms with Crippen LogP contribution in [0.3, 0.4) is 0 Å². The molecule has 0 aliphatic heterocycles. The van der Waals surface area contributed by atoms with Gasteiger partial charge >= 0.3 is 0 Å². The van der Waals surface area contributed by atoms with Gasteiger partial charge in [0, 0.05) is 6.54 Å². The Morgan fingerprint density at radius 3 is 2.62 bits per heavy atom. The summed E-state index contributed by atoms with van der Waals surface area (Å²) in [6.45, 7) is 5.47. The summed E-state index contributed by atoms with van der Waals surface area (Å²) in [5, 5.41) is 13.0. The molecule has 0 spiro atoms. The first kappa shape index (κ1) is 13.4. The van der Waals surface area contributed by atoms with Gasteiger partial charge in [-0.05, 0) is 30.2 Å². The van der Waals surface area contributed by atoms with Gasteiger partial charge in [-0.2, -0.15) is 0 Å². The number of halogens is 2. The van der Waals surface area contributed by atoms with Crippen LogP contribution in [0, 0.1) is 11.7 Å². The third kappa shape index (κ3) is 4.08. The molecule has 0 bridgehead atoms. The minimum atomic E-state index is -0.656. The fourth-order valence-corrected chi connectivity index (χ4v) is 1.54. The van der Waals surface area contributed by atoms with E-state index in [0.717, 1.165) is 6.54 Å². The van der Waals surface area contributed by atoms with Crippen molar-refractivity contribution in [3.63, 3.8) is 0 Å². The van der Waals surface area contributed by atoms with Crippen molar-refractivity contribution in [1.82, 2.24) is 5.32 Å². The summed E-state index contributed by atoms with van der Waals surface area (Å²) < 4.78 is 12.9. The van der Waals surface area contributed by atoms with E-state index < -0.39 is 11.9 Å². The zero-order valence-electron chi connectivity index (χ0n) is 9.50. The Bertz CT molecular complexity index is 344. The molecule has 1 atom stereocenters. The first-order valence-electron chi connectivity index (χ1n) is 5.34. The zero-order valence-corrected chi connectivity index (χ0v) is 10.3. The number of benzene rings is 1. The third-order valence-electron chi connectivity index (χ3n) is 2.22. The average molecular weight is 246 g/mol. The molecule has 0 fully saturated rings. The van der Waals surface area contributed by atoms with Crippen LogP contribution in [0.2, 0.25) is 5.02 Å². The number of aliphatic hydroxyl groups excluding tert-OH is 1. The summed E-state index contributed by atoms with van der Waals surface area (Å²) in [6.07, 6.45) is -0.656. The van der Waals surface area contributed by atoms with Crippen LogP contribution in [0.25, 0.3) is 0 Å². The summed E-state index contributed by atoms with van der Waals surface area (Å²) in [4.78, 5) is 0. The van der Waals surface area contributed by atoms with E-state index in [9.17, 15) is 9.50 Å². The van der Waals surface area contributed by atoms with E-state index in [-0.39, 0.29) is 5.02 Å². The Hall–Kier alpha value is -0.640. The maximum atomic E-state index is 12.9. The van der Waals surface area contributed by atoms with Crippen LogP contribution >= 0.6 is 11.6 Å². The first-order valence-corrected chi connectivity index (χ1v) is 5.72. The summed E-state index contributed by atoms with van der Waals surface area (Å²) >= 11 is 5.64. The van der Waals surface area contributed by atoms with Gasteiger partial charge in [0.1, 0.15) is 5.82 Å². The van der Waals surface area contributed by atoms with Gasteiger partial charge in [0.25, 0.3) is 0 Å². The number of rotatable bonds is 5. The van der Waals surface area contributed by atoms with Gasteiger partial charge in [-0.25, -0.2) is 4.39 Å². The molecule has 4 heteroatoms. The Kier molecular flexibility index (Phi) is 5.19. The Balaban J connectivity index is 2.52. The molecule has 0 aliphatic carbocycles. The number of hydrogen-bond acceptors (Lipinski definition) is 2. The molecule has 0 aromatic heterocycles. The fraction of sp³-hybridized carbons (Fsp3) is 0.500. The van der Waals surface area contributed by atoms with Crippen molar-refractivity contribution >= 4 is 11.6 Å². The zero-order chi connectivity index (χ0) is 12.1. The standard InChI is InChI=1S/C12H17ClFNO/c1-8(2)6-15-7-12(16)9-3-4-11(14)10(13)5-9/h3-5,8,12,15-16H,6-7H2,1-2H3. The van der Waals surface area contributed by atoms with Crippen molar-refractivity contribution in [3.05, 3.63) is 34.6 Å². The molecule has 0 amide bonds. The monoisotopic (exact) mass is 245 g/mol. The molecule has 1 rings (SSSR count). The van der Waals surface area contributed by atoms with E-state index in [1.807, 2.05) is 0 Å². The normalized spacial score (nSPS) is 13.1. The van der Waals surface area contributed by atoms with Crippen LogP contribution < -0.4 is 5.32 Å². The van der Waals surface area contributed by atoms with Crippen molar-refractivity contribution in [2.75, 3.05) is 13.1 Å². The van der Waals surface area contributed by atoms with Crippen LogP contribution in [0.15, 0.2) is 18.2 Å². The predicted octanol–water partition coefficient (Wildman–Crippen LogP) is 2.76. The Morgan fingerprint density at radius 1 is 1.38 bits per heavy atom. The van der Waals surface area contributed by atoms with E-state index in [1.165, 1.54) is 12.1 Å². The molecule has 2 N–H and O–H groups in total. The van der Waals surface area contributed by atoms with Gasteiger partial charge in [0.15, 0.2) is 0 Å². The Labute approximate surface area is 100 Å². The van der Waals surface area contributed by atoms with E-state index in [1.54, 1.807) is 6.07 Å². The quantitative estimate of drug-likeness (QED) is 0.836. The largest absolute Gasteiger partial charge is 0.387 e. The van der Waals surface area contributed by atoms with Crippen LogP contribution in [0.4, 0.5) is 4.39 Å². The summed E-state index contributed by atoms with van der Waals surface area (Å²) in [5.41, 5.74) is 0.627. The third-order valence-corrected chi connectivity index (χ3v) is 2.51. The molecule has 0 radical (unpaired) electrons. The van der Waals surface area contributed by atoms with Crippen molar-refractivity contribution in [2.45, 2.75) is 20.0 Å². The van der Waals surface area contributed by atoms with Crippen LogP contribution in [-0.4, -0.2) is 18.2 Å². The average Bonchev–Trinajstić information content (AvgIpc) is 2.21. The highest BCUT2D eigenvalue weighted by atomic mass is 35.5. The molecule has 0 saturated heterocycles. The molecule has 1 aromatic rings. The lowest BCUT2D eigenvalue weighted by Crippen LogP contribution is -2.25. The SMILES string of the molecule is CC(C)CNCC(O)c1ccc(F)c(Cl)c1. The number of aliphatic hydroxyl groups is 1. The summed E-state index contributed by atoms with van der Waals surface area (Å²) in [5.74, 6) is 0.0664. The second-order valence-corrected chi connectivity index (χ2v) is 4.65. The summed E-state index contributed by atoms with van der Waals surface area (Å²) in [7, 11) is 0. The maximum Gasteiger partial charge on any atom is 0.141 e. The first-order chi connectivity index (χ1) is 7.50. The maximum absolute atomic E-state index is 12.9. The summed E-state index contributed by atoms with van der Waals surface area (Å²) in [6, 6.07) is 4.27. The van der Waals surface area contributed by atoms with Gasteiger partial charge < -0.3 is 10.4 Å². The van der Waals surface area contributed by atoms with E-state index >= 15 is 0 Å². The lowest BCUT2D eigenvalue weighted by Gasteiger charge is -2.13. The van der Waals surface area contributed by atoms with Crippen molar-refractivity contribution in [1.29, 1.82) is 0 Å². The second kappa shape index (κ2) is 6.18. The molecule has 2 nitrogen and oxygen atoms in total. The number of hydrogen-bond donors (Lipinski definition) is 2. The Morgan fingerprint density at radius 2 is 2.06 bits per heavy atom. The van der Waals surface area contributed by atoms with E-state index in [0.29, 0.717) is 18.0 Å². The molecule has 1 unspecified atom stereocenters. The second-order valence-electron chi connectivity index (χ2n) is 4.24. The predicted molar refractivity (Wildman–Crippen MR) is 64.1 cm³/mol. The van der Waals surface area contributed by atoms with Gasteiger partial charge in [0.2, 0.25) is 0 Å². The van der Waals surface area contributed by atoms with Gasteiger partial charge in [0.05, 0.1) is 11.1 Å². The molecule has 1 aromatic carbocycles. The number of nitrogens with one attached hydrogen (secondary N) is 1. The fourth-order valence-electron chi connectivity index (χ4n) is 1.35. The minimum Gasteiger partial charge on any atom is -0.387 e. The highest BCUT2D eigenvalue weighted by Crippen LogP contribution is 2.20. The molecule has 16 heavy (non-hydrogen) atoms. The molecule has 0 aliphatic rings. The van der Waals surface area contributed by atoms with Gasteiger partial charge in [-0.3, -0.25) is 0 Å². The van der Waals surface area contributed by atoms with Crippen molar-refractivity contribution < 1.29 is 9.50 Å².